The third-order valence-electron chi connectivity index (χ3n) is 10.1. The number of carbonyl (C=O) groups is 3. The van der Waals surface area contributed by atoms with Crippen molar-refractivity contribution in [3.05, 3.63) is 194 Å². The van der Waals surface area contributed by atoms with Crippen molar-refractivity contribution in [1.29, 1.82) is 0 Å². The van der Waals surface area contributed by atoms with E-state index in [9.17, 15) is 14.4 Å². The molecule has 0 saturated heterocycles. The molecule has 1 atom stereocenters. The number of esters is 3. The summed E-state index contributed by atoms with van der Waals surface area (Å²) in [4.78, 5) is 38.0. The second-order valence-corrected chi connectivity index (χ2v) is 16.6. The highest BCUT2D eigenvalue weighted by molar-refractivity contribution is 5.71. The lowest BCUT2D eigenvalue weighted by Crippen LogP contribution is -2.30. The van der Waals surface area contributed by atoms with Crippen LogP contribution in [0.2, 0.25) is 0 Å². The summed E-state index contributed by atoms with van der Waals surface area (Å²) in [7, 11) is 0. The van der Waals surface area contributed by atoms with Gasteiger partial charge in [0.1, 0.15) is 13.2 Å². The Kier molecular flexibility index (Phi) is 52.2. The van der Waals surface area contributed by atoms with Crippen LogP contribution in [0.4, 0.5) is 0 Å². The lowest BCUT2D eigenvalue weighted by molar-refractivity contribution is -0.166. The van der Waals surface area contributed by atoms with Gasteiger partial charge in [-0.2, -0.15) is 0 Å². The number of unbranched alkanes of at least 4 members (excludes halogenated alkanes) is 2. The Balaban J connectivity index is 4.69. The summed E-state index contributed by atoms with van der Waals surface area (Å²) >= 11 is 0. The molecule has 0 aliphatic carbocycles. The Morgan fingerprint density at radius 3 is 0.817 bits per heavy atom. The molecule has 0 aliphatic heterocycles. The standard InChI is InChI=1S/C65H94O6/c1-4-7-10-13-16-19-22-25-27-29-31-32-34-35-37-40-43-46-49-52-55-58-64(67)70-61-62(60-69-63(66)57-54-51-48-45-42-39-24-21-18-15-12-9-6-3)71-65(68)59-56-53-50-47-44-41-38-36-33-30-28-26-23-20-17-14-11-8-5-2/h7-12,16-21,25-28,31-33,35-37,39,41-44,46,48,50-51,53,62H,4-6,13-15,22-24,29-30,34,38,40,45,47,49,52,54-61H2,1-3H3/b10-7-,11-8-,12-9-,19-16-,20-17-,21-18-,27-25-,28-26-,32-31-,36-33-,37-35-,42-39-,44-41-,46-43-,51-48-,53-50-. The maximum absolute atomic E-state index is 12.8. The van der Waals surface area contributed by atoms with Gasteiger partial charge in [-0.1, -0.05) is 215 Å². The second-order valence-electron chi connectivity index (χ2n) is 16.6. The van der Waals surface area contributed by atoms with Crippen molar-refractivity contribution in [3.8, 4) is 0 Å². The summed E-state index contributed by atoms with van der Waals surface area (Å²) in [5.41, 5.74) is 0. The highest BCUT2D eigenvalue weighted by Gasteiger charge is 2.19. The zero-order valence-electron chi connectivity index (χ0n) is 44.4. The summed E-state index contributed by atoms with van der Waals surface area (Å²) in [5, 5.41) is 0. The fourth-order valence-corrected chi connectivity index (χ4v) is 6.19. The molecule has 0 spiro atoms. The highest BCUT2D eigenvalue weighted by Crippen LogP contribution is 2.08. The Morgan fingerprint density at radius 1 is 0.282 bits per heavy atom. The quantitative estimate of drug-likeness (QED) is 0.0262. The van der Waals surface area contributed by atoms with Gasteiger partial charge in [-0.25, -0.2) is 0 Å². The van der Waals surface area contributed by atoms with Crippen LogP contribution in [-0.4, -0.2) is 37.2 Å². The molecule has 71 heavy (non-hydrogen) atoms. The molecular formula is C65H94O6. The van der Waals surface area contributed by atoms with Gasteiger partial charge in [0.05, 0.1) is 0 Å². The van der Waals surface area contributed by atoms with Gasteiger partial charge in [-0.15, -0.1) is 0 Å². The minimum atomic E-state index is -0.878. The van der Waals surface area contributed by atoms with E-state index in [2.05, 4.69) is 191 Å². The lowest BCUT2D eigenvalue weighted by Gasteiger charge is -2.18. The fraction of sp³-hybridized carbons (Fsp3) is 0.462. The normalized spacial score (nSPS) is 13.7. The van der Waals surface area contributed by atoms with Crippen LogP contribution in [-0.2, 0) is 28.6 Å². The Hall–Kier alpha value is -5.75. The van der Waals surface area contributed by atoms with Gasteiger partial charge in [0.25, 0.3) is 0 Å². The maximum Gasteiger partial charge on any atom is 0.306 e. The van der Waals surface area contributed by atoms with E-state index in [0.717, 1.165) is 116 Å². The summed E-state index contributed by atoms with van der Waals surface area (Å²) < 4.78 is 16.6. The zero-order valence-corrected chi connectivity index (χ0v) is 44.4. The first-order valence-electron chi connectivity index (χ1n) is 26.9. The van der Waals surface area contributed by atoms with Crippen LogP contribution in [0, 0.1) is 0 Å². The van der Waals surface area contributed by atoms with Gasteiger partial charge < -0.3 is 14.2 Å². The van der Waals surface area contributed by atoms with E-state index in [1.807, 2.05) is 24.3 Å². The van der Waals surface area contributed by atoms with Crippen LogP contribution in [0.15, 0.2) is 194 Å². The fourth-order valence-electron chi connectivity index (χ4n) is 6.19. The number of hydrogen-bond acceptors (Lipinski definition) is 6. The Labute approximate surface area is 433 Å². The van der Waals surface area contributed by atoms with Crippen molar-refractivity contribution in [1.82, 2.24) is 0 Å². The van der Waals surface area contributed by atoms with Crippen molar-refractivity contribution in [3.63, 3.8) is 0 Å². The Bertz CT molecular complexity index is 1780. The minimum Gasteiger partial charge on any atom is -0.462 e. The number of allylic oxidation sites excluding steroid dienone is 32. The predicted octanol–water partition coefficient (Wildman–Crippen LogP) is 18.3. The van der Waals surface area contributed by atoms with Crippen molar-refractivity contribution in [2.24, 2.45) is 0 Å². The molecule has 0 rings (SSSR count). The predicted molar refractivity (Wildman–Crippen MR) is 306 cm³/mol. The molecule has 0 bridgehead atoms. The third kappa shape index (κ3) is 55.1. The molecule has 0 amide bonds. The molecule has 0 saturated carbocycles. The number of ether oxygens (including phenoxy) is 3. The molecule has 0 heterocycles. The zero-order chi connectivity index (χ0) is 51.4. The van der Waals surface area contributed by atoms with Gasteiger partial charge in [0, 0.05) is 19.3 Å². The van der Waals surface area contributed by atoms with E-state index in [0.29, 0.717) is 19.3 Å². The summed E-state index contributed by atoms with van der Waals surface area (Å²) in [6.45, 7) is 6.09. The topological polar surface area (TPSA) is 78.9 Å². The molecule has 6 heteroatoms. The van der Waals surface area contributed by atoms with Gasteiger partial charge in [-0.05, 0) is 135 Å². The second kappa shape index (κ2) is 56.8. The van der Waals surface area contributed by atoms with Crippen LogP contribution >= 0.6 is 0 Å². The van der Waals surface area contributed by atoms with Crippen LogP contribution in [0.25, 0.3) is 0 Å². The van der Waals surface area contributed by atoms with Crippen molar-refractivity contribution >= 4 is 17.9 Å². The minimum absolute atomic E-state index is 0.165. The van der Waals surface area contributed by atoms with E-state index in [-0.39, 0.29) is 38.4 Å². The average Bonchev–Trinajstić information content (AvgIpc) is 3.37. The monoisotopic (exact) mass is 971 g/mol. The van der Waals surface area contributed by atoms with Crippen molar-refractivity contribution in [2.75, 3.05) is 13.2 Å². The number of carbonyl (C=O) groups excluding carboxylic acids is 3. The van der Waals surface area contributed by atoms with Gasteiger partial charge in [0.2, 0.25) is 0 Å². The molecule has 390 valence electrons. The summed E-state index contributed by atoms with van der Waals surface area (Å²) in [5.74, 6) is -1.19. The molecule has 0 aliphatic rings. The first kappa shape index (κ1) is 65.2. The molecule has 0 aromatic carbocycles. The van der Waals surface area contributed by atoms with Crippen LogP contribution in [0.5, 0.6) is 0 Å². The average molecular weight is 971 g/mol. The molecule has 0 N–H and O–H groups in total. The van der Waals surface area contributed by atoms with E-state index in [4.69, 9.17) is 14.2 Å². The van der Waals surface area contributed by atoms with Crippen LogP contribution < -0.4 is 0 Å². The van der Waals surface area contributed by atoms with E-state index >= 15 is 0 Å². The van der Waals surface area contributed by atoms with Crippen LogP contribution in [0.1, 0.15) is 175 Å². The van der Waals surface area contributed by atoms with Crippen molar-refractivity contribution < 1.29 is 28.6 Å². The first-order chi connectivity index (χ1) is 35.0. The number of hydrogen-bond donors (Lipinski definition) is 0. The van der Waals surface area contributed by atoms with Crippen LogP contribution in [0.3, 0.4) is 0 Å². The highest BCUT2D eigenvalue weighted by atomic mass is 16.6. The van der Waals surface area contributed by atoms with Gasteiger partial charge in [0.15, 0.2) is 6.10 Å². The smallest absolute Gasteiger partial charge is 0.306 e. The van der Waals surface area contributed by atoms with E-state index < -0.39 is 18.0 Å². The Morgan fingerprint density at radius 2 is 0.521 bits per heavy atom. The lowest BCUT2D eigenvalue weighted by atomic mass is 10.2. The first-order valence-corrected chi connectivity index (χ1v) is 26.9. The van der Waals surface area contributed by atoms with Gasteiger partial charge in [-0.3, -0.25) is 14.4 Å². The molecule has 0 aromatic rings. The van der Waals surface area contributed by atoms with Crippen molar-refractivity contribution in [2.45, 2.75) is 181 Å². The van der Waals surface area contributed by atoms with Gasteiger partial charge >= 0.3 is 17.9 Å². The largest absolute Gasteiger partial charge is 0.462 e. The third-order valence-corrected chi connectivity index (χ3v) is 10.1. The molecule has 0 fully saturated rings. The molecule has 0 radical (unpaired) electrons. The van der Waals surface area contributed by atoms with E-state index in [1.54, 1.807) is 0 Å². The maximum atomic E-state index is 12.8. The molecule has 0 aromatic heterocycles. The molecular weight excluding hydrogens is 877 g/mol. The summed E-state index contributed by atoms with van der Waals surface area (Å²) in [6.07, 6.45) is 87.3. The van der Waals surface area contributed by atoms with E-state index in [1.165, 1.54) is 0 Å². The SMILES string of the molecule is CC/C=C\C/C=C\C/C=C\C/C=C\C/C=C\C/C=C\CCCCC(=O)OCC(COC(=O)CC/C=C\C/C=C\C/C=C\C/C=C\CC)OC(=O)CC/C=C\C/C=C\C/C=C\C/C=C\C/C=C\C/C=C\CC. The number of rotatable bonds is 45. The molecule has 6 nitrogen and oxygen atoms in total. The summed E-state index contributed by atoms with van der Waals surface area (Å²) in [6, 6.07) is 0. The molecule has 1 unspecified atom stereocenters.